The van der Waals surface area contributed by atoms with Crippen LogP contribution in [0, 0.1) is 11.3 Å². The molecule has 4 N–H and O–H groups in total. The molecule has 2 heterocycles. The summed E-state index contributed by atoms with van der Waals surface area (Å²) >= 11 is 0. The monoisotopic (exact) mass is 291 g/mol. The number of aromatic hydroxyl groups is 1. The molecule has 114 valence electrons. The lowest BCUT2D eigenvalue weighted by Gasteiger charge is -2.65. The van der Waals surface area contributed by atoms with Crippen molar-refractivity contribution in [3.8, 4) is 5.75 Å². The summed E-state index contributed by atoms with van der Waals surface area (Å²) in [7, 11) is 0. The number of aromatic nitrogens is 1. The van der Waals surface area contributed by atoms with Gasteiger partial charge in [0.1, 0.15) is 5.54 Å². The molecule has 3 atom stereocenters. The fourth-order valence-electron chi connectivity index (χ4n) is 3.74. The van der Waals surface area contributed by atoms with Crippen LogP contribution in [0.4, 0.5) is 5.82 Å². The molecule has 0 aromatic carbocycles. The second-order valence-corrected chi connectivity index (χ2v) is 6.46. The fourth-order valence-corrected chi connectivity index (χ4v) is 3.74. The Hall–Kier alpha value is -1.66. The lowest BCUT2D eigenvalue weighted by Crippen LogP contribution is -2.81. The first-order valence-corrected chi connectivity index (χ1v) is 7.25. The predicted molar refractivity (Wildman–Crippen MR) is 77.7 cm³/mol. The Bertz CT molecular complexity index is 575. The van der Waals surface area contributed by atoms with Crippen molar-refractivity contribution >= 4 is 11.7 Å². The highest BCUT2D eigenvalue weighted by molar-refractivity contribution is 6.00. The molecular weight excluding hydrogens is 270 g/mol. The van der Waals surface area contributed by atoms with Crippen LogP contribution in [0.5, 0.6) is 5.75 Å². The molecule has 21 heavy (non-hydrogen) atoms. The van der Waals surface area contributed by atoms with Crippen molar-refractivity contribution in [3.05, 3.63) is 18.3 Å². The molecule has 2 aliphatic rings. The average Bonchev–Trinajstić information content (AvgIpc) is 2.48. The third-order valence-corrected chi connectivity index (χ3v) is 5.08. The molecule has 3 unspecified atom stereocenters. The summed E-state index contributed by atoms with van der Waals surface area (Å²) in [5.74, 6) is -0.230. The topological polar surface area (TPSA) is 97.5 Å². The number of pyridine rings is 1. The van der Waals surface area contributed by atoms with Crippen molar-refractivity contribution in [2.75, 3.05) is 11.9 Å². The van der Waals surface area contributed by atoms with Crippen LogP contribution in [0.25, 0.3) is 0 Å². The minimum atomic E-state index is -1.01. The average molecular weight is 291 g/mol. The Balaban J connectivity index is 1.85. The summed E-state index contributed by atoms with van der Waals surface area (Å²) in [5.41, 5.74) is 5.01. The number of anilines is 1. The van der Waals surface area contributed by atoms with Gasteiger partial charge in [0.25, 0.3) is 0 Å². The highest BCUT2D eigenvalue weighted by Gasteiger charge is 2.70. The van der Waals surface area contributed by atoms with Gasteiger partial charge in [0, 0.05) is 24.1 Å². The van der Waals surface area contributed by atoms with E-state index in [1.54, 1.807) is 6.07 Å². The van der Waals surface area contributed by atoms with Crippen LogP contribution < -0.4 is 11.1 Å². The summed E-state index contributed by atoms with van der Waals surface area (Å²) in [4.78, 5) is 16.7. The maximum absolute atomic E-state index is 12.7. The van der Waals surface area contributed by atoms with Gasteiger partial charge in [-0.05, 0) is 25.0 Å². The Morgan fingerprint density at radius 2 is 2.33 bits per heavy atom. The van der Waals surface area contributed by atoms with Crippen LogP contribution in [0.2, 0.25) is 0 Å². The van der Waals surface area contributed by atoms with E-state index in [1.165, 1.54) is 12.3 Å². The van der Waals surface area contributed by atoms with Gasteiger partial charge in [-0.1, -0.05) is 13.8 Å². The van der Waals surface area contributed by atoms with Gasteiger partial charge in [-0.3, -0.25) is 4.79 Å². The molecule has 0 radical (unpaired) electrons. The second kappa shape index (κ2) is 4.68. The van der Waals surface area contributed by atoms with Gasteiger partial charge >= 0.3 is 0 Å². The zero-order chi connectivity index (χ0) is 15.3. The van der Waals surface area contributed by atoms with Crippen LogP contribution in [0.15, 0.2) is 18.3 Å². The van der Waals surface area contributed by atoms with Gasteiger partial charge in [-0.15, -0.1) is 0 Å². The minimum absolute atomic E-state index is 0.00658. The standard InChI is InChI=1S/C15H21N3O3/c1-14(2)11-9(5-4-8-21-11)15(14,16)13(20)18-12-10(19)6-3-7-17-12/h3,6-7,9,11,19H,4-5,8,16H2,1-2H3,(H,17,18,20). The van der Waals surface area contributed by atoms with E-state index in [0.29, 0.717) is 0 Å². The van der Waals surface area contributed by atoms with Gasteiger partial charge in [0.15, 0.2) is 11.6 Å². The molecule has 1 saturated carbocycles. The molecule has 2 fully saturated rings. The van der Waals surface area contributed by atoms with Gasteiger partial charge in [0.05, 0.1) is 6.10 Å². The molecule has 1 amide bonds. The Labute approximate surface area is 123 Å². The van der Waals surface area contributed by atoms with E-state index in [-0.39, 0.29) is 29.5 Å². The van der Waals surface area contributed by atoms with Crippen molar-refractivity contribution in [2.45, 2.75) is 38.3 Å². The first-order chi connectivity index (χ1) is 9.89. The maximum atomic E-state index is 12.7. The van der Waals surface area contributed by atoms with E-state index in [2.05, 4.69) is 10.3 Å². The van der Waals surface area contributed by atoms with E-state index >= 15 is 0 Å². The summed E-state index contributed by atoms with van der Waals surface area (Å²) in [6, 6.07) is 3.08. The molecule has 6 heteroatoms. The molecule has 1 saturated heterocycles. The van der Waals surface area contributed by atoms with Crippen LogP contribution in [0.3, 0.4) is 0 Å². The minimum Gasteiger partial charge on any atom is -0.504 e. The number of amides is 1. The number of nitrogens with zero attached hydrogens (tertiary/aromatic N) is 1. The number of nitrogens with two attached hydrogens (primary N) is 1. The first kappa shape index (κ1) is 14.3. The van der Waals surface area contributed by atoms with Gasteiger partial charge in [-0.2, -0.15) is 0 Å². The molecule has 1 aliphatic carbocycles. The Morgan fingerprint density at radius 3 is 3.05 bits per heavy atom. The number of ether oxygens (including phenoxy) is 1. The van der Waals surface area contributed by atoms with E-state index in [4.69, 9.17) is 10.5 Å². The van der Waals surface area contributed by atoms with Crippen molar-refractivity contribution in [2.24, 2.45) is 17.1 Å². The third kappa shape index (κ3) is 1.86. The normalized spacial score (nSPS) is 33.7. The zero-order valence-corrected chi connectivity index (χ0v) is 12.3. The van der Waals surface area contributed by atoms with Gasteiger partial charge in [-0.25, -0.2) is 4.98 Å². The first-order valence-electron chi connectivity index (χ1n) is 7.25. The van der Waals surface area contributed by atoms with Crippen molar-refractivity contribution in [3.63, 3.8) is 0 Å². The predicted octanol–water partition coefficient (Wildman–Crippen LogP) is 1.26. The number of nitrogens with one attached hydrogen (secondary N) is 1. The Kier molecular flexibility index (Phi) is 3.18. The number of hydrogen-bond donors (Lipinski definition) is 3. The molecule has 1 aromatic rings. The molecule has 6 nitrogen and oxygen atoms in total. The third-order valence-electron chi connectivity index (χ3n) is 5.08. The lowest BCUT2D eigenvalue weighted by molar-refractivity contribution is -0.222. The van der Waals surface area contributed by atoms with E-state index < -0.39 is 11.0 Å². The maximum Gasteiger partial charge on any atom is 0.246 e. The molecule has 3 rings (SSSR count). The second-order valence-electron chi connectivity index (χ2n) is 6.46. The quantitative estimate of drug-likeness (QED) is 0.762. The van der Waals surface area contributed by atoms with Crippen LogP contribution in [-0.2, 0) is 9.53 Å². The molecule has 1 aliphatic heterocycles. The van der Waals surface area contributed by atoms with Gasteiger partial charge in [0.2, 0.25) is 5.91 Å². The molecule has 0 bridgehead atoms. The zero-order valence-electron chi connectivity index (χ0n) is 12.3. The number of fused-ring (bicyclic) bond motifs is 1. The smallest absolute Gasteiger partial charge is 0.246 e. The van der Waals surface area contributed by atoms with Crippen molar-refractivity contribution in [1.29, 1.82) is 0 Å². The van der Waals surface area contributed by atoms with E-state index in [1.807, 2.05) is 13.8 Å². The van der Waals surface area contributed by atoms with Crippen LogP contribution >= 0.6 is 0 Å². The lowest BCUT2D eigenvalue weighted by atomic mass is 9.46. The highest BCUT2D eigenvalue weighted by atomic mass is 16.5. The molecular formula is C15H21N3O3. The van der Waals surface area contributed by atoms with E-state index in [0.717, 1.165) is 19.4 Å². The number of rotatable bonds is 2. The van der Waals surface area contributed by atoms with E-state index in [9.17, 15) is 9.90 Å². The van der Waals surface area contributed by atoms with Gasteiger partial charge < -0.3 is 20.9 Å². The summed E-state index contributed by atoms with van der Waals surface area (Å²) in [6.07, 6.45) is 3.32. The van der Waals surface area contributed by atoms with Crippen LogP contribution in [0.1, 0.15) is 26.7 Å². The Morgan fingerprint density at radius 1 is 1.57 bits per heavy atom. The molecule has 1 aromatic heterocycles. The largest absolute Gasteiger partial charge is 0.504 e. The van der Waals surface area contributed by atoms with Crippen molar-refractivity contribution in [1.82, 2.24) is 4.98 Å². The van der Waals surface area contributed by atoms with Crippen molar-refractivity contribution < 1.29 is 14.6 Å². The number of carbonyl (C=O) groups excluding carboxylic acids is 1. The van der Waals surface area contributed by atoms with Crippen LogP contribution in [-0.4, -0.2) is 34.2 Å². The highest BCUT2D eigenvalue weighted by Crippen LogP contribution is 2.57. The summed E-state index contributed by atoms with van der Waals surface area (Å²) < 4.78 is 5.79. The summed E-state index contributed by atoms with van der Waals surface area (Å²) in [5, 5.41) is 12.4. The molecule has 0 spiro atoms. The number of hydrogen-bond acceptors (Lipinski definition) is 5. The SMILES string of the molecule is CC1(C)C2OCCCC2C1(N)C(=O)Nc1ncccc1O. The number of carbonyl (C=O) groups is 1. The summed E-state index contributed by atoms with van der Waals surface area (Å²) in [6.45, 7) is 4.64. The fraction of sp³-hybridized carbons (Fsp3) is 0.600.